The van der Waals surface area contributed by atoms with Gasteiger partial charge in [0.15, 0.2) is 21.3 Å². The third-order valence-corrected chi connectivity index (χ3v) is 4.72. The lowest BCUT2D eigenvalue weighted by molar-refractivity contribution is 0.0597. The maximum absolute atomic E-state index is 12.0. The summed E-state index contributed by atoms with van der Waals surface area (Å²) in [5.74, 6) is 0.0961. The monoisotopic (exact) mass is 346 g/mol. The fourth-order valence-corrected chi connectivity index (χ4v) is 3.63. The molecule has 9 heteroatoms. The molecule has 6 nitrogen and oxygen atoms in total. The molecule has 112 valence electrons. The van der Waals surface area contributed by atoms with E-state index in [0.717, 1.165) is 0 Å². The van der Waals surface area contributed by atoms with E-state index >= 15 is 0 Å². The minimum Gasteiger partial charge on any atom is -0.493 e. The van der Waals surface area contributed by atoms with E-state index in [-0.39, 0.29) is 16.5 Å². The van der Waals surface area contributed by atoms with Gasteiger partial charge >= 0.3 is 5.97 Å². The minimum atomic E-state index is -0.575. The molecule has 21 heavy (non-hydrogen) atoms. The number of ether oxygens (including phenoxy) is 3. The highest BCUT2D eigenvalue weighted by molar-refractivity contribution is 7.66. The summed E-state index contributed by atoms with van der Waals surface area (Å²) >= 11 is 5.93. The van der Waals surface area contributed by atoms with Gasteiger partial charge < -0.3 is 14.2 Å². The second-order valence-corrected chi connectivity index (χ2v) is 5.83. The molecule has 0 aliphatic heterocycles. The smallest absolute Gasteiger partial charge is 0.344 e. The molecule has 0 fully saturated rings. The van der Waals surface area contributed by atoms with Crippen molar-refractivity contribution in [3.05, 3.63) is 27.5 Å². The van der Waals surface area contributed by atoms with E-state index in [2.05, 4.69) is 9.37 Å². The van der Waals surface area contributed by atoms with Crippen molar-refractivity contribution in [1.29, 1.82) is 0 Å². The van der Waals surface area contributed by atoms with Crippen LogP contribution in [0.1, 0.15) is 10.4 Å². The highest BCUT2D eigenvalue weighted by atomic mass is 35.5. The van der Waals surface area contributed by atoms with E-state index in [0.29, 0.717) is 16.1 Å². The van der Waals surface area contributed by atoms with Gasteiger partial charge in [0.05, 0.1) is 27.0 Å². The first-order valence-electron chi connectivity index (χ1n) is 5.62. The summed E-state index contributed by atoms with van der Waals surface area (Å²) in [4.78, 5) is 16.4. The summed E-state index contributed by atoms with van der Waals surface area (Å²) in [6, 6.07) is 3.29. The second kappa shape index (κ2) is 6.88. The SMILES string of the molecule is COC(=O)c1c(N=c2ssnc2Cl)ccc(OC)c1OC. The first-order valence-corrected chi connectivity index (χ1v) is 8.10. The molecule has 0 N–H and O–H groups in total. The zero-order valence-electron chi connectivity index (χ0n) is 11.4. The maximum Gasteiger partial charge on any atom is 0.344 e. The molecule has 0 saturated carbocycles. The van der Waals surface area contributed by atoms with E-state index in [1.54, 1.807) is 12.1 Å². The molecule has 0 spiro atoms. The Balaban J connectivity index is 2.72. The van der Waals surface area contributed by atoms with Gasteiger partial charge in [-0.3, -0.25) is 0 Å². The summed E-state index contributed by atoms with van der Waals surface area (Å²) in [6.45, 7) is 0. The molecule has 0 amide bonds. The number of carbonyl (C=O) groups is 1. The van der Waals surface area contributed by atoms with Crippen molar-refractivity contribution in [1.82, 2.24) is 4.37 Å². The highest BCUT2D eigenvalue weighted by Gasteiger charge is 2.22. The van der Waals surface area contributed by atoms with Crippen LogP contribution in [0.2, 0.25) is 5.15 Å². The molecule has 2 aromatic rings. The Bertz CT molecular complexity index is 726. The van der Waals surface area contributed by atoms with E-state index in [1.165, 1.54) is 42.2 Å². The van der Waals surface area contributed by atoms with Crippen molar-refractivity contribution in [2.24, 2.45) is 4.99 Å². The van der Waals surface area contributed by atoms with Crippen molar-refractivity contribution < 1.29 is 19.0 Å². The number of carbonyl (C=O) groups excluding carboxylic acids is 1. The third kappa shape index (κ3) is 3.17. The molecule has 1 heterocycles. The van der Waals surface area contributed by atoms with Gasteiger partial charge in [0, 0.05) is 10.5 Å². The molecule has 0 atom stereocenters. The molecule has 0 aliphatic carbocycles. The van der Waals surface area contributed by atoms with Crippen LogP contribution in [0, 0.1) is 0 Å². The first-order chi connectivity index (χ1) is 10.1. The number of benzene rings is 1. The first kappa shape index (κ1) is 15.7. The topological polar surface area (TPSA) is 70.0 Å². The number of nitrogens with zero attached hydrogens (tertiary/aromatic N) is 2. The van der Waals surface area contributed by atoms with Gasteiger partial charge in [-0.2, -0.15) is 4.37 Å². The molecular weight excluding hydrogens is 336 g/mol. The number of halogens is 1. The van der Waals surface area contributed by atoms with Crippen LogP contribution in [0.25, 0.3) is 0 Å². The van der Waals surface area contributed by atoms with E-state index < -0.39 is 5.97 Å². The molecular formula is C12H11ClN2O4S2. The molecule has 0 bridgehead atoms. The molecule has 0 unspecified atom stereocenters. The molecule has 2 rings (SSSR count). The zero-order valence-corrected chi connectivity index (χ0v) is 13.8. The van der Waals surface area contributed by atoms with Crippen molar-refractivity contribution in [3.63, 3.8) is 0 Å². The Kier molecular flexibility index (Phi) is 5.16. The van der Waals surface area contributed by atoms with Crippen LogP contribution >= 0.6 is 32.5 Å². The lowest BCUT2D eigenvalue weighted by Gasteiger charge is -2.13. The summed E-state index contributed by atoms with van der Waals surface area (Å²) in [7, 11) is 6.73. The van der Waals surface area contributed by atoms with Crippen LogP contribution in [-0.2, 0) is 4.74 Å². The lowest BCUT2D eigenvalue weighted by Crippen LogP contribution is -2.07. The van der Waals surface area contributed by atoms with Crippen LogP contribution in [0.3, 0.4) is 0 Å². The van der Waals surface area contributed by atoms with Crippen molar-refractivity contribution in [2.75, 3.05) is 21.3 Å². The van der Waals surface area contributed by atoms with Crippen LogP contribution in [0.15, 0.2) is 17.1 Å². The normalized spacial score (nSPS) is 11.3. The Hall–Kier alpha value is -1.64. The molecule has 0 saturated heterocycles. The highest BCUT2D eigenvalue weighted by Crippen LogP contribution is 2.37. The lowest BCUT2D eigenvalue weighted by atomic mass is 10.1. The Morgan fingerprint density at radius 2 is 2.05 bits per heavy atom. The van der Waals surface area contributed by atoms with E-state index in [1.807, 2.05) is 0 Å². The number of hydrogen-bond acceptors (Lipinski definition) is 8. The number of rotatable bonds is 4. The van der Waals surface area contributed by atoms with Gasteiger partial charge in [-0.25, -0.2) is 9.79 Å². The average Bonchev–Trinajstić information content (AvgIpc) is 2.91. The standard InChI is InChI=1S/C12H11ClN2O4S2/c1-17-7-5-4-6(14-11-10(13)15-21-20-11)8(9(7)18-2)12(16)19-3/h4-5H,1-3H3. The van der Waals surface area contributed by atoms with Crippen molar-refractivity contribution in [3.8, 4) is 11.5 Å². The maximum atomic E-state index is 12.0. The summed E-state index contributed by atoms with van der Waals surface area (Å²) in [6.07, 6.45) is 0. The fourth-order valence-electron chi connectivity index (χ4n) is 1.64. The van der Waals surface area contributed by atoms with E-state index in [4.69, 9.17) is 25.8 Å². The minimum absolute atomic E-state index is 0.175. The Morgan fingerprint density at radius 1 is 1.29 bits per heavy atom. The largest absolute Gasteiger partial charge is 0.493 e. The van der Waals surface area contributed by atoms with Crippen LogP contribution in [-0.4, -0.2) is 31.7 Å². The fraction of sp³-hybridized carbons (Fsp3) is 0.250. The van der Waals surface area contributed by atoms with Crippen LogP contribution in [0.5, 0.6) is 11.5 Å². The van der Waals surface area contributed by atoms with Crippen molar-refractivity contribution in [2.45, 2.75) is 0 Å². The van der Waals surface area contributed by atoms with Gasteiger partial charge in [-0.05, 0) is 22.5 Å². The predicted molar refractivity (Wildman–Crippen MR) is 81.1 cm³/mol. The van der Waals surface area contributed by atoms with Crippen molar-refractivity contribution >= 4 is 44.1 Å². The summed E-state index contributed by atoms with van der Waals surface area (Å²) in [5, 5.41) is 0.288. The van der Waals surface area contributed by atoms with Crippen LogP contribution in [0.4, 0.5) is 5.69 Å². The Labute approximate surface area is 133 Å². The Morgan fingerprint density at radius 3 is 2.57 bits per heavy atom. The second-order valence-electron chi connectivity index (χ2n) is 3.64. The van der Waals surface area contributed by atoms with Gasteiger partial charge in [0.2, 0.25) is 0 Å². The molecule has 1 aromatic carbocycles. The predicted octanol–water partition coefficient (Wildman–Crippen LogP) is 2.89. The molecule has 0 aliphatic rings. The number of hydrogen-bond donors (Lipinski definition) is 0. The molecule has 0 radical (unpaired) electrons. The number of aromatic nitrogens is 1. The van der Waals surface area contributed by atoms with Crippen LogP contribution < -0.4 is 14.1 Å². The van der Waals surface area contributed by atoms with Gasteiger partial charge in [-0.1, -0.05) is 11.6 Å². The van der Waals surface area contributed by atoms with Gasteiger partial charge in [0.1, 0.15) is 5.56 Å². The quantitative estimate of drug-likeness (QED) is 0.629. The van der Waals surface area contributed by atoms with Gasteiger partial charge in [-0.15, -0.1) is 0 Å². The van der Waals surface area contributed by atoms with Gasteiger partial charge in [0.25, 0.3) is 0 Å². The average molecular weight is 347 g/mol. The van der Waals surface area contributed by atoms with E-state index in [9.17, 15) is 4.79 Å². The summed E-state index contributed by atoms with van der Waals surface area (Å²) in [5.41, 5.74) is 0.548. The zero-order chi connectivity index (χ0) is 15.4. The third-order valence-electron chi connectivity index (χ3n) is 2.55. The number of esters is 1. The molecule has 1 aromatic heterocycles. The number of methoxy groups -OCH3 is 3. The summed E-state index contributed by atoms with van der Waals surface area (Å²) < 4.78 is 19.7.